The van der Waals surface area contributed by atoms with Crippen molar-refractivity contribution in [3.8, 4) is 0 Å². The van der Waals surface area contributed by atoms with Gasteiger partial charge in [-0.3, -0.25) is 4.79 Å². The molecule has 0 aliphatic heterocycles. The predicted octanol–water partition coefficient (Wildman–Crippen LogP) is 3.27. The summed E-state index contributed by atoms with van der Waals surface area (Å²) in [6.45, 7) is 7.60. The molecule has 1 aromatic carbocycles. The quantitative estimate of drug-likeness (QED) is 0.774. The van der Waals surface area contributed by atoms with Crippen molar-refractivity contribution in [3.05, 3.63) is 36.0 Å². The molecule has 0 spiro atoms. The number of ether oxygens (including phenoxy) is 1. The molecule has 0 fully saturated rings. The first-order chi connectivity index (χ1) is 8.51. The van der Waals surface area contributed by atoms with Gasteiger partial charge < -0.3 is 9.30 Å². The molecule has 0 N–H and O–H groups in total. The van der Waals surface area contributed by atoms with Crippen LogP contribution < -0.4 is 0 Å². The Hall–Kier alpha value is -1.61. The van der Waals surface area contributed by atoms with Gasteiger partial charge in [0.05, 0.1) is 12.2 Å². The minimum Gasteiger partial charge on any atom is -0.374 e. The van der Waals surface area contributed by atoms with E-state index in [2.05, 4.69) is 4.57 Å². The number of carbonyl (C=O) groups is 1. The minimum absolute atomic E-state index is 0.114. The molecule has 0 saturated heterocycles. The molecule has 0 unspecified atom stereocenters. The third-order valence-electron chi connectivity index (χ3n) is 2.84. The normalized spacial score (nSPS) is 11.9. The van der Waals surface area contributed by atoms with Gasteiger partial charge in [0, 0.05) is 29.2 Å². The lowest BCUT2D eigenvalue weighted by Gasteiger charge is -2.19. The Bertz CT molecular complexity index is 549. The predicted molar refractivity (Wildman–Crippen MR) is 73.0 cm³/mol. The zero-order valence-electron chi connectivity index (χ0n) is 11.1. The number of carbonyl (C=O) groups excluding carboxylic acids is 1. The van der Waals surface area contributed by atoms with E-state index in [1.807, 2.05) is 51.2 Å². The van der Waals surface area contributed by atoms with E-state index < -0.39 is 0 Å². The Labute approximate surface area is 107 Å². The van der Waals surface area contributed by atoms with Crippen LogP contribution in [0.15, 0.2) is 30.5 Å². The Morgan fingerprint density at radius 1 is 1.28 bits per heavy atom. The molecule has 18 heavy (non-hydrogen) atoms. The van der Waals surface area contributed by atoms with Gasteiger partial charge in [-0.05, 0) is 32.9 Å². The van der Waals surface area contributed by atoms with Gasteiger partial charge >= 0.3 is 0 Å². The molecule has 0 aliphatic carbocycles. The third kappa shape index (κ3) is 2.79. The number of benzene rings is 1. The lowest BCUT2D eigenvalue weighted by atomic mass is 10.1. The van der Waals surface area contributed by atoms with Crippen LogP contribution in [0.2, 0.25) is 0 Å². The molecular weight excluding hydrogens is 226 g/mol. The van der Waals surface area contributed by atoms with Crippen LogP contribution in [0.5, 0.6) is 0 Å². The molecule has 3 nitrogen and oxygen atoms in total. The molecule has 1 heterocycles. The van der Waals surface area contributed by atoms with Crippen molar-refractivity contribution < 1.29 is 9.53 Å². The van der Waals surface area contributed by atoms with Crippen molar-refractivity contribution in [3.63, 3.8) is 0 Å². The van der Waals surface area contributed by atoms with E-state index in [0.29, 0.717) is 6.61 Å². The fraction of sp³-hybridized carbons (Fsp3) is 0.400. The molecule has 0 atom stereocenters. The summed E-state index contributed by atoms with van der Waals surface area (Å²) in [6.07, 6.45) is 2.90. The molecule has 0 saturated carbocycles. The molecule has 1 aromatic heterocycles. The molecule has 3 heteroatoms. The van der Waals surface area contributed by atoms with Gasteiger partial charge in [0.15, 0.2) is 6.29 Å². The third-order valence-corrected chi connectivity index (χ3v) is 2.84. The maximum atomic E-state index is 10.9. The summed E-state index contributed by atoms with van der Waals surface area (Å²) in [5.41, 5.74) is 1.71. The average molecular weight is 245 g/mol. The van der Waals surface area contributed by atoms with E-state index >= 15 is 0 Å². The maximum Gasteiger partial charge on any atom is 0.150 e. The molecule has 0 radical (unpaired) electrons. The van der Waals surface area contributed by atoms with Crippen LogP contribution >= 0.6 is 0 Å². The van der Waals surface area contributed by atoms with Gasteiger partial charge in [0.25, 0.3) is 0 Å². The van der Waals surface area contributed by atoms with Crippen LogP contribution in [-0.2, 0) is 11.3 Å². The fourth-order valence-corrected chi connectivity index (χ4v) is 2.00. The highest BCUT2D eigenvalue weighted by molar-refractivity contribution is 5.97. The highest BCUT2D eigenvalue weighted by Gasteiger charge is 2.10. The summed E-state index contributed by atoms with van der Waals surface area (Å²) in [6, 6.07) is 7.76. The highest BCUT2D eigenvalue weighted by Crippen LogP contribution is 2.19. The fourth-order valence-electron chi connectivity index (χ4n) is 2.00. The lowest BCUT2D eigenvalue weighted by molar-refractivity contribution is -0.00644. The Kier molecular flexibility index (Phi) is 3.53. The lowest BCUT2D eigenvalue weighted by Crippen LogP contribution is -2.21. The minimum atomic E-state index is -0.114. The second-order valence-electron chi connectivity index (χ2n) is 5.37. The van der Waals surface area contributed by atoms with Crippen molar-refractivity contribution in [2.45, 2.75) is 32.9 Å². The molecule has 0 amide bonds. The monoisotopic (exact) mass is 245 g/mol. The van der Waals surface area contributed by atoms with Gasteiger partial charge in [-0.2, -0.15) is 0 Å². The van der Waals surface area contributed by atoms with E-state index in [4.69, 9.17) is 4.74 Å². The molecule has 96 valence electrons. The standard InChI is InChI=1S/C15H19NO2/c1-15(2,3)18-10-9-16-8-7-13-12(11-17)5-4-6-14(13)16/h4-8,11H,9-10H2,1-3H3. The van der Waals surface area contributed by atoms with E-state index in [9.17, 15) is 4.79 Å². The Balaban J connectivity index is 2.17. The number of aromatic nitrogens is 1. The topological polar surface area (TPSA) is 31.2 Å². The smallest absolute Gasteiger partial charge is 0.150 e. The van der Waals surface area contributed by atoms with Crippen LogP contribution in [0, 0.1) is 0 Å². The summed E-state index contributed by atoms with van der Waals surface area (Å²) >= 11 is 0. The number of hydrogen-bond acceptors (Lipinski definition) is 2. The molecule has 2 rings (SSSR count). The van der Waals surface area contributed by atoms with E-state index in [0.717, 1.165) is 29.3 Å². The summed E-state index contributed by atoms with van der Waals surface area (Å²) in [5.74, 6) is 0. The Morgan fingerprint density at radius 2 is 2.06 bits per heavy atom. The first-order valence-electron chi connectivity index (χ1n) is 6.18. The molecule has 0 bridgehead atoms. The van der Waals surface area contributed by atoms with Gasteiger partial charge in [0.1, 0.15) is 0 Å². The van der Waals surface area contributed by atoms with Crippen LogP contribution in [0.3, 0.4) is 0 Å². The first kappa shape index (κ1) is 12.8. The molecular formula is C15H19NO2. The van der Waals surface area contributed by atoms with Crippen molar-refractivity contribution in [1.29, 1.82) is 0 Å². The zero-order valence-corrected chi connectivity index (χ0v) is 11.1. The van der Waals surface area contributed by atoms with E-state index in [1.54, 1.807) is 0 Å². The van der Waals surface area contributed by atoms with Crippen molar-refractivity contribution >= 4 is 17.2 Å². The van der Waals surface area contributed by atoms with E-state index in [-0.39, 0.29) is 5.60 Å². The summed E-state index contributed by atoms with van der Waals surface area (Å²) in [5, 5.41) is 1.00. The van der Waals surface area contributed by atoms with Crippen molar-refractivity contribution in [1.82, 2.24) is 4.57 Å². The van der Waals surface area contributed by atoms with Crippen molar-refractivity contribution in [2.24, 2.45) is 0 Å². The largest absolute Gasteiger partial charge is 0.374 e. The number of hydrogen-bond donors (Lipinski definition) is 0. The second-order valence-corrected chi connectivity index (χ2v) is 5.37. The zero-order chi connectivity index (χ0) is 13.2. The summed E-state index contributed by atoms with van der Waals surface area (Å²) < 4.78 is 7.84. The van der Waals surface area contributed by atoms with Crippen LogP contribution in [0.4, 0.5) is 0 Å². The van der Waals surface area contributed by atoms with Gasteiger partial charge in [0.2, 0.25) is 0 Å². The first-order valence-corrected chi connectivity index (χ1v) is 6.18. The maximum absolute atomic E-state index is 10.9. The van der Waals surface area contributed by atoms with Crippen LogP contribution in [0.25, 0.3) is 10.9 Å². The van der Waals surface area contributed by atoms with E-state index in [1.165, 1.54) is 0 Å². The molecule has 2 aromatic rings. The second kappa shape index (κ2) is 4.94. The number of fused-ring (bicyclic) bond motifs is 1. The number of rotatable bonds is 4. The summed E-state index contributed by atoms with van der Waals surface area (Å²) in [4.78, 5) is 10.9. The highest BCUT2D eigenvalue weighted by atomic mass is 16.5. The van der Waals surface area contributed by atoms with Gasteiger partial charge in [-0.1, -0.05) is 12.1 Å². The summed E-state index contributed by atoms with van der Waals surface area (Å²) in [7, 11) is 0. The number of nitrogens with zero attached hydrogens (tertiary/aromatic N) is 1. The van der Waals surface area contributed by atoms with Gasteiger partial charge in [-0.15, -0.1) is 0 Å². The average Bonchev–Trinajstić information content (AvgIpc) is 2.71. The Morgan fingerprint density at radius 3 is 2.72 bits per heavy atom. The van der Waals surface area contributed by atoms with Gasteiger partial charge in [-0.25, -0.2) is 0 Å². The van der Waals surface area contributed by atoms with Crippen molar-refractivity contribution in [2.75, 3.05) is 6.61 Å². The number of aldehydes is 1. The SMILES string of the molecule is CC(C)(C)OCCn1ccc2c(C=O)cccc21. The molecule has 0 aliphatic rings. The van der Waals surface area contributed by atoms with Crippen LogP contribution in [-0.4, -0.2) is 23.1 Å². The van der Waals surface area contributed by atoms with Crippen LogP contribution in [0.1, 0.15) is 31.1 Å².